The first-order chi connectivity index (χ1) is 5.67. The van der Waals surface area contributed by atoms with E-state index in [1.807, 2.05) is 0 Å². The molecule has 0 rings (SSSR count). The zero-order chi connectivity index (χ0) is 9.56. The van der Waals surface area contributed by atoms with Crippen molar-refractivity contribution in [3.8, 4) is 0 Å². The van der Waals surface area contributed by atoms with Crippen LogP contribution >= 0.6 is 0 Å². The van der Waals surface area contributed by atoms with Gasteiger partial charge in [0, 0.05) is 0 Å². The van der Waals surface area contributed by atoms with Crippen molar-refractivity contribution >= 4 is 6.47 Å². The van der Waals surface area contributed by atoms with Crippen molar-refractivity contribution in [2.24, 2.45) is 0 Å². The van der Waals surface area contributed by atoms with Crippen LogP contribution in [0.2, 0.25) is 0 Å². The summed E-state index contributed by atoms with van der Waals surface area (Å²) in [6, 6.07) is 0. The summed E-state index contributed by atoms with van der Waals surface area (Å²) in [6.45, 7) is -1.28. The molecule has 2 atom stereocenters. The third kappa shape index (κ3) is 3.14. The number of hydrogen-bond donors (Lipinski definition) is 4. The fraction of sp³-hybridized carbons (Fsp3) is 0.833. The third-order valence-electron chi connectivity index (χ3n) is 1.35. The van der Waals surface area contributed by atoms with Crippen LogP contribution in [0.15, 0.2) is 0 Å². The molecule has 12 heavy (non-hydrogen) atoms. The summed E-state index contributed by atoms with van der Waals surface area (Å²) in [4.78, 5) is 9.85. The SMILES string of the molecule is O=COC(C(O)CO)C(O)CO. The molecule has 0 heterocycles. The van der Waals surface area contributed by atoms with Crippen LogP contribution in [0.3, 0.4) is 0 Å². The average Bonchev–Trinajstić information content (AvgIpc) is 2.11. The maximum Gasteiger partial charge on any atom is 0.293 e. The Labute approximate surface area is 69.0 Å². The molecule has 6 heteroatoms. The van der Waals surface area contributed by atoms with E-state index in [0.717, 1.165) is 0 Å². The van der Waals surface area contributed by atoms with Gasteiger partial charge in [-0.1, -0.05) is 0 Å². The fourth-order valence-corrected chi connectivity index (χ4v) is 0.710. The molecular formula is C6H12O6. The Balaban J connectivity index is 4.09. The van der Waals surface area contributed by atoms with E-state index in [0.29, 0.717) is 0 Å². The van der Waals surface area contributed by atoms with Crippen molar-refractivity contribution < 1.29 is 30.0 Å². The maximum absolute atomic E-state index is 9.85. The van der Waals surface area contributed by atoms with E-state index in [9.17, 15) is 4.79 Å². The van der Waals surface area contributed by atoms with Crippen LogP contribution in [0.25, 0.3) is 0 Å². The summed E-state index contributed by atoms with van der Waals surface area (Å²) in [5.74, 6) is 0. The van der Waals surface area contributed by atoms with Gasteiger partial charge in [-0.25, -0.2) is 0 Å². The first kappa shape index (κ1) is 11.3. The van der Waals surface area contributed by atoms with Crippen molar-refractivity contribution in [1.29, 1.82) is 0 Å². The van der Waals surface area contributed by atoms with Crippen molar-refractivity contribution in [1.82, 2.24) is 0 Å². The van der Waals surface area contributed by atoms with Gasteiger partial charge in [-0.2, -0.15) is 0 Å². The van der Waals surface area contributed by atoms with E-state index in [-0.39, 0.29) is 6.47 Å². The minimum Gasteiger partial charge on any atom is -0.459 e. The lowest BCUT2D eigenvalue weighted by molar-refractivity contribution is -0.154. The van der Waals surface area contributed by atoms with Crippen LogP contribution in [-0.4, -0.2) is 58.4 Å². The van der Waals surface area contributed by atoms with Crippen molar-refractivity contribution in [2.75, 3.05) is 13.2 Å². The molecule has 6 nitrogen and oxygen atoms in total. The van der Waals surface area contributed by atoms with Crippen molar-refractivity contribution in [2.45, 2.75) is 18.3 Å². The number of hydrogen-bond acceptors (Lipinski definition) is 6. The zero-order valence-electron chi connectivity index (χ0n) is 6.33. The molecule has 0 aromatic rings. The summed E-state index contributed by atoms with van der Waals surface area (Å²) in [7, 11) is 0. The van der Waals surface area contributed by atoms with Crippen LogP contribution in [0.4, 0.5) is 0 Å². The van der Waals surface area contributed by atoms with Crippen LogP contribution in [-0.2, 0) is 9.53 Å². The second-order valence-corrected chi connectivity index (χ2v) is 2.20. The molecule has 0 aliphatic rings. The van der Waals surface area contributed by atoms with Gasteiger partial charge in [0.25, 0.3) is 6.47 Å². The molecule has 0 amide bonds. The predicted octanol–water partition coefficient (Wildman–Crippen LogP) is -2.77. The third-order valence-corrected chi connectivity index (χ3v) is 1.35. The summed E-state index contributed by atoms with van der Waals surface area (Å²) in [5, 5.41) is 34.8. The van der Waals surface area contributed by atoms with E-state index in [1.165, 1.54) is 0 Å². The molecule has 0 spiro atoms. The number of carbonyl (C=O) groups excluding carboxylic acids is 1. The lowest BCUT2D eigenvalue weighted by Crippen LogP contribution is -2.43. The van der Waals surface area contributed by atoms with E-state index >= 15 is 0 Å². The topological polar surface area (TPSA) is 107 Å². The number of aliphatic hydroxyl groups excluding tert-OH is 4. The Morgan fingerprint density at radius 1 is 1.17 bits per heavy atom. The minimum atomic E-state index is -1.39. The molecule has 0 aromatic carbocycles. The van der Waals surface area contributed by atoms with Gasteiger partial charge in [-0.3, -0.25) is 4.79 Å². The van der Waals surface area contributed by atoms with Gasteiger partial charge in [0.1, 0.15) is 12.2 Å². The smallest absolute Gasteiger partial charge is 0.293 e. The standard InChI is InChI=1S/C6H12O6/c7-1-4(10)6(12-3-9)5(11)2-8/h3-8,10-11H,1-2H2. The highest BCUT2D eigenvalue weighted by atomic mass is 16.6. The predicted molar refractivity (Wildman–Crippen MR) is 37.1 cm³/mol. The van der Waals surface area contributed by atoms with Crippen molar-refractivity contribution in [3.05, 3.63) is 0 Å². The second kappa shape index (κ2) is 5.90. The Kier molecular flexibility index (Phi) is 5.56. The molecule has 2 unspecified atom stereocenters. The number of carbonyl (C=O) groups is 1. The molecule has 0 radical (unpaired) electrons. The largest absolute Gasteiger partial charge is 0.459 e. The fourth-order valence-electron chi connectivity index (χ4n) is 0.710. The molecule has 0 aliphatic carbocycles. The number of rotatable bonds is 6. The van der Waals surface area contributed by atoms with E-state index in [2.05, 4.69) is 4.74 Å². The highest BCUT2D eigenvalue weighted by molar-refractivity contribution is 5.37. The summed E-state index contributed by atoms with van der Waals surface area (Å²) < 4.78 is 4.25. The van der Waals surface area contributed by atoms with E-state index in [1.54, 1.807) is 0 Å². The molecule has 0 bridgehead atoms. The van der Waals surface area contributed by atoms with Gasteiger partial charge >= 0.3 is 0 Å². The molecule has 4 N–H and O–H groups in total. The summed E-state index contributed by atoms with van der Waals surface area (Å²) >= 11 is 0. The summed E-state index contributed by atoms with van der Waals surface area (Å²) in [5.41, 5.74) is 0. The van der Waals surface area contributed by atoms with Crippen LogP contribution in [0.5, 0.6) is 0 Å². The van der Waals surface area contributed by atoms with Gasteiger partial charge in [0.2, 0.25) is 0 Å². The first-order valence-electron chi connectivity index (χ1n) is 3.34. The first-order valence-corrected chi connectivity index (χ1v) is 3.34. The van der Waals surface area contributed by atoms with Gasteiger partial charge < -0.3 is 25.2 Å². The van der Waals surface area contributed by atoms with Gasteiger partial charge in [0.05, 0.1) is 13.2 Å². The Bertz CT molecular complexity index is 117. The highest BCUT2D eigenvalue weighted by Crippen LogP contribution is 2.03. The normalized spacial score (nSPS) is 18.0. The molecule has 72 valence electrons. The van der Waals surface area contributed by atoms with E-state index in [4.69, 9.17) is 20.4 Å². The molecule has 0 aromatic heterocycles. The lowest BCUT2D eigenvalue weighted by Gasteiger charge is -2.22. The molecule has 0 aliphatic heterocycles. The van der Waals surface area contributed by atoms with Crippen LogP contribution in [0.1, 0.15) is 0 Å². The van der Waals surface area contributed by atoms with Gasteiger partial charge in [-0.15, -0.1) is 0 Å². The highest BCUT2D eigenvalue weighted by Gasteiger charge is 2.27. The second-order valence-electron chi connectivity index (χ2n) is 2.20. The molecule has 0 saturated heterocycles. The van der Waals surface area contributed by atoms with Crippen LogP contribution in [0, 0.1) is 0 Å². The van der Waals surface area contributed by atoms with Crippen LogP contribution < -0.4 is 0 Å². The van der Waals surface area contributed by atoms with Gasteiger partial charge in [0.15, 0.2) is 6.10 Å². The van der Waals surface area contributed by atoms with Crippen molar-refractivity contribution in [3.63, 3.8) is 0 Å². The quantitative estimate of drug-likeness (QED) is 0.330. The average molecular weight is 180 g/mol. The Hall–Kier alpha value is -0.690. The Morgan fingerprint density at radius 3 is 1.83 bits per heavy atom. The minimum absolute atomic E-state index is 0.0302. The maximum atomic E-state index is 9.85. The zero-order valence-corrected chi connectivity index (χ0v) is 6.33. The van der Waals surface area contributed by atoms with E-state index < -0.39 is 31.5 Å². The lowest BCUT2D eigenvalue weighted by atomic mass is 10.1. The number of ether oxygens (including phenoxy) is 1. The molecule has 0 fully saturated rings. The Morgan fingerprint density at radius 2 is 1.58 bits per heavy atom. The molecular weight excluding hydrogens is 168 g/mol. The number of aliphatic hydroxyl groups is 4. The molecule has 0 saturated carbocycles. The summed E-state index contributed by atoms with van der Waals surface area (Å²) in [6.07, 6.45) is -4.08. The van der Waals surface area contributed by atoms with Gasteiger partial charge in [-0.05, 0) is 0 Å². The monoisotopic (exact) mass is 180 g/mol.